The van der Waals surface area contributed by atoms with E-state index in [-0.39, 0.29) is 30.3 Å². The largest absolute Gasteiger partial charge is 0.497 e. The Balaban J connectivity index is 0.00000312. The van der Waals surface area contributed by atoms with Crippen LogP contribution >= 0.6 is 12.4 Å². The van der Waals surface area contributed by atoms with Crippen LogP contribution in [0.4, 0.5) is 0 Å². The standard InChI is InChI=1S/C19H30N2O3.ClH/c1-4-13(2)18(20)19(22)21-12-14-9-10-16(23-3)11-17(14)24-15-7-5-6-8-15;/h9-11,13,15,18H,4-8,12,20H2,1-3H3,(H,21,22);1H. The van der Waals surface area contributed by atoms with Gasteiger partial charge in [0.15, 0.2) is 0 Å². The Kier molecular flexibility index (Phi) is 9.08. The van der Waals surface area contributed by atoms with Crippen LogP contribution in [-0.2, 0) is 11.3 Å². The van der Waals surface area contributed by atoms with Crippen LogP contribution in [0.2, 0.25) is 0 Å². The molecular weight excluding hydrogens is 340 g/mol. The van der Waals surface area contributed by atoms with Crippen molar-refractivity contribution in [3.8, 4) is 11.5 Å². The monoisotopic (exact) mass is 370 g/mol. The molecule has 2 rings (SSSR count). The van der Waals surface area contributed by atoms with E-state index >= 15 is 0 Å². The van der Waals surface area contributed by atoms with Crippen molar-refractivity contribution in [1.29, 1.82) is 0 Å². The highest BCUT2D eigenvalue weighted by Crippen LogP contribution is 2.30. The van der Waals surface area contributed by atoms with Crippen LogP contribution in [-0.4, -0.2) is 25.2 Å². The first-order valence-corrected chi connectivity index (χ1v) is 8.92. The predicted molar refractivity (Wildman–Crippen MR) is 102 cm³/mol. The second-order valence-corrected chi connectivity index (χ2v) is 6.63. The molecule has 3 N–H and O–H groups in total. The lowest BCUT2D eigenvalue weighted by atomic mass is 9.99. The van der Waals surface area contributed by atoms with E-state index in [4.69, 9.17) is 15.2 Å². The van der Waals surface area contributed by atoms with Crippen LogP contribution in [0.25, 0.3) is 0 Å². The molecule has 1 aliphatic rings. The maximum Gasteiger partial charge on any atom is 0.237 e. The SMILES string of the molecule is CCC(C)C(N)C(=O)NCc1ccc(OC)cc1OC1CCCC1.Cl. The number of hydrogen-bond acceptors (Lipinski definition) is 4. The summed E-state index contributed by atoms with van der Waals surface area (Å²) in [7, 11) is 1.64. The van der Waals surface area contributed by atoms with E-state index in [0.29, 0.717) is 6.54 Å². The Bertz CT molecular complexity index is 547. The fraction of sp³-hybridized carbons (Fsp3) is 0.632. The maximum absolute atomic E-state index is 12.2. The molecule has 1 amide bonds. The fourth-order valence-corrected chi connectivity index (χ4v) is 2.92. The van der Waals surface area contributed by atoms with Gasteiger partial charge in [0.1, 0.15) is 11.5 Å². The summed E-state index contributed by atoms with van der Waals surface area (Å²) in [5.41, 5.74) is 6.94. The number of benzene rings is 1. The van der Waals surface area contributed by atoms with Gasteiger partial charge in [-0.2, -0.15) is 0 Å². The summed E-state index contributed by atoms with van der Waals surface area (Å²) in [4.78, 5) is 12.2. The van der Waals surface area contributed by atoms with E-state index in [1.807, 2.05) is 32.0 Å². The Morgan fingerprint density at radius 1 is 1.36 bits per heavy atom. The third kappa shape index (κ3) is 6.08. The molecule has 1 aromatic rings. The number of nitrogens with two attached hydrogens (primary N) is 1. The van der Waals surface area contributed by atoms with Gasteiger partial charge in [-0.3, -0.25) is 4.79 Å². The minimum Gasteiger partial charge on any atom is -0.497 e. The zero-order valence-electron chi connectivity index (χ0n) is 15.4. The predicted octanol–water partition coefficient (Wildman–Crippen LogP) is 3.43. The van der Waals surface area contributed by atoms with Crippen molar-refractivity contribution >= 4 is 18.3 Å². The summed E-state index contributed by atoms with van der Waals surface area (Å²) in [6.07, 6.45) is 5.74. The number of ether oxygens (including phenoxy) is 2. The first-order chi connectivity index (χ1) is 11.5. The number of hydrogen-bond donors (Lipinski definition) is 2. The molecule has 0 heterocycles. The maximum atomic E-state index is 12.2. The van der Waals surface area contributed by atoms with Gasteiger partial charge in [0.05, 0.1) is 19.3 Å². The molecule has 0 aromatic heterocycles. The van der Waals surface area contributed by atoms with Crippen molar-refractivity contribution in [3.05, 3.63) is 23.8 Å². The molecule has 2 unspecified atom stereocenters. The highest BCUT2D eigenvalue weighted by molar-refractivity contribution is 5.85. The van der Waals surface area contributed by atoms with E-state index in [2.05, 4.69) is 5.32 Å². The lowest BCUT2D eigenvalue weighted by Gasteiger charge is -2.20. The van der Waals surface area contributed by atoms with E-state index in [9.17, 15) is 4.79 Å². The van der Waals surface area contributed by atoms with Crippen molar-refractivity contribution in [1.82, 2.24) is 5.32 Å². The van der Waals surface area contributed by atoms with E-state index < -0.39 is 6.04 Å². The lowest BCUT2D eigenvalue weighted by molar-refractivity contribution is -0.123. The number of rotatable bonds is 8. The molecule has 1 saturated carbocycles. The quantitative estimate of drug-likeness (QED) is 0.735. The van der Waals surface area contributed by atoms with Gasteiger partial charge >= 0.3 is 0 Å². The number of carbonyl (C=O) groups is 1. The molecule has 0 bridgehead atoms. The van der Waals surface area contributed by atoms with Crippen LogP contribution in [0.1, 0.15) is 51.5 Å². The average molecular weight is 371 g/mol. The van der Waals surface area contributed by atoms with Gasteiger partial charge in [-0.25, -0.2) is 0 Å². The number of amides is 1. The smallest absolute Gasteiger partial charge is 0.237 e. The Morgan fingerprint density at radius 3 is 2.64 bits per heavy atom. The van der Waals surface area contributed by atoms with Crippen LogP contribution in [0.3, 0.4) is 0 Å². The molecule has 1 aromatic carbocycles. The van der Waals surface area contributed by atoms with Crippen LogP contribution in [0.15, 0.2) is 18.2 Å². The molecule has 0 radical (unpaired) electrons. The van der Waals surface area contributed by atoms with Crippen LogP contribution < -0.4 is 20.5 Å². The van der Waals surface area contributed by atoms with Gasteiger partial charge in [-0.1, -0.05) is 20.3 Å². The van der Waals surface area contributed by atoms with Gasteiger partial charge < -0.3 is 20.5 Å². The van der Waals surface area contributed by atoms with Gasteiger partial charge in [0, 0.05) is 18.2 Å². The molecule has 5 nitrogen and oxygen atoms in total. The zero-order chi connectivity index (χ0) is 17.5. The normalized spacial score (nSPS) is 16.6. The van der Waals surface area contributed by atoms with Crippen LogP contribution in [0, 0.1) is 5.92 Å². The molecule has 6 heteroatoms. The molecule has 0 aliphatic heterocycles. The van der Waals surface area contributed by atoms with Gasteiger partial charge in [-0.05, 0) is 43.7 Å². The van der Waals surface area contributed by atoms with E-state index in [1.54, 1.807) is 7.11 Å². The zero-order valence-corrected chi connectivity index (χ0v) is 16.2. The third-order valence-corrected chi connectivity index (χ3v) is 4.88. The number of carbonyl (C=O) groups excluding carboxylic acids is 1. The lowest BCUT2D eigenvalue weighted by Crippen LogP contribution is -2.44. The molecule has 1 fully saturated rings. The highest BCUT2D eigenvalue weighted by atomic mass is 35.5. The fourth-order valence-electron chi connectivity index (χ4n) is 2.92. The van der Waals surface area contributed by atoms with Crippen molar-refractivity contribution in [2.75, 3.05) is 7.11 Å². The second-order valence-electron chi connectivity index (χ2n) is 6.63. The average Bonchev–Trinajstić information content (AvgIpc) is 3.11. The first kappa shape index (κ1) is 21.6. The van der Waals surface area contributed by atoms with Gasteiger partial charge in [-0.15, -0.1) is 12.4 Å². The van der Waals surface area contributed by atoms with Crippen LogP contribution in [0.5, 0.6) is 11.5 Å². The summed E-state index contributed by atoms with van der Waals surface area (Å²) >= 11 is 0. The van der Waals surface area contributed by atoms with Crippen molar-refractivity contribution in [2.24, 2.45) is 11.7 Å². The summed E-state index contributed by atoms with van der Waals surface area (Å²) in [6, 6.07) is 5.25. The topological polar surface area (TPSA) is 73.6 Å². The summed E-state index contributed by atoms with van der Waals surface area (Å²) in [5.74, 6) is 1.59. The Hall–Kier alpha value is -1.46. The minimum atomic E-state index is -0.479. The van der Waals surface area contributed by atoms with Gasteiger partial charge in [0.2, 0.25) is 5.91 Å². The summed E-state index contributed by atoms with van der Waals surface area (Å²) in [5, 5.41) is 2.93. The minimum absolute atomic E-state index is 0. The number of methoxy groups -OCH3 is 1. The third-order valence-electron chi connectivity index (χ3n) is 4.88. The Morgan fingerprint density at radius 2 is 2.04 bits per heavy atom. The Labute approximate surface area is 157 Å². The molecular formula is C19H31ClN2O3. The van der Waals surface area contributed by atoms with Gasteiger partial charge in [0.25, 0.3) is 0 Å². The first-order valence-electron chi connectivity index (χ1n) is 8.92. The van der Waals surface area contributed by atoms with Crippen molar-refractivity contribution in [3.63, 3.8) is 0 Å². The molecule has 1 aliphatic carbocycles. The van der Waals surface area contributed by atoms with E-state index in [1.165, 1.54) is 12.8 Å². The number of nitrogens with one attached hydrogen (secondary N) is 1. The molecule has 142 valence electrons. The van der Waals surface area contributed by atoms with E-state index in [0.717, 1.165) is 36.3 Å². The molecule has 0 saturated heterocycles. The molecule has 0 spiro atoms. The second kappa shape index (κ2) is 10.5. The van der Waals surface area contributed by atoms with Crippen molar-refractivity contribution in [2.45, 2.75) is 64.6 Å². The highest BCUT2D eigenvalue weighted by Gasteiger charge is 2.21. The number of halogens is 1. The summed E-state index contributed by atoms with van der Waals surface area (Å²) in [6.45, 7) is 4.44. The molecule has 25 heavy (non-hydrogen) atoms. The summed E-state index contributed by atoms with van der Waals surface area (Å²) < 4.78 is 11.4. The van der Waals surface area contributed by atoms with Crippen molar-refractivity contribution < 1.29 is 14.3 Å². The molecule has 2 atom stereocenters.